The highest BCUT2D eigenvalue weighted by Crippen LogP contribution is 2.35. The second-order valence-corrected chi connectivity index (χ2v) is 6.01. The van der Waals surface area contributed by atoms with Gasteiger partial charge in [0.05, 0.1) is 35.8 Å². The number of rotatable bonds is 5. The van der Waals surface area contributed by atoms with E-state index >= 15 is 0 Å². The summed E-state index contributed by atoms with van der Waals surface area (Å²) >= 11 is 6.04. The highest BCUT2D eigenvalue weighted by atomic mass is 35.5. The molecule has 0 aliphatic heterocycles. The Hall–Kier alpha value is -3.26. The maximum absolute atomic E-state index is 12.5. The average molecular weight is 390 g/mol. The molecule has 8 nitrogen and oxygen atoms in total. The lowest BCUT2D eigenvalue weighted by Gasteiger charge is -2.13. The molecule has 0 spiro atoms. The summed E-state index contributed by atoms with van der Waals surface area (Å²) in [5.41, 5.74) is -0.512. The van der Waals surface area contributed by atoms with E-state index in [-0.39, 0.29) is 0 Å². The molecule has 140 valence electrons. The van der Waals surface area contributed by atoms with Crippen molar-refractivity contribution >= 4 is 34.1 Å². The van der Waals surface area contributed by atoms with E-state index in [4.69, 9.17) is 21.1 Å². The highest BCUT2D eigenvalue weighted by molar-refractivity contribution is 6.32. The van der Waals surface area contributed by atoms with Crippen molar-refractivity contribution in [2.75, 3.05) is 19.5 Å². The Bertz CT molecular complexity index is 1140. The Kier molecular flexibility index (Phi) is 5.18. The fourth-order valence-electron chi connectivity index (χ4n) is 2.63. The van der Waals surface area contributed by atoms with E-state index < -0.39 is 23.7 Å². The SMILES string of the molecule is COc1cc(NC(=O)Cn2c(=O)[nH]c3ccccc3c2=O)c(OC)cc1Cl. The molecule has 3 rings (SSSR count). The van der Waals surface area contributed by atoms with Crippen molar-refractivity contribution in [3.63, 3.8) is 0 Å². The molecule has 0 saturated heterocycles. The first-order valence-corrected chi connectivity index (χ1v) is 8.25. The van der Waals surface area contributed by atoms with E-state index in [1.165, 1.54) is 26.4 Å². The summed E-state index contributed by atoms with van der Waals surface area (Å²) < 4.78 is 11.1. The minimum atomic E-state index is -0.672. The van der Waals surface area contributed by atoms with Crippen LogP contribution < -0.4 is 26.0 Å². The average Bonchev–Trinajstić information content (AvgIpc) is 2.66. The van der Waals surface area contributed by atoms with Gasteiger partial charge in [-0.2, -0.15) is 0 Å². The zero-order chi connectivity index (χ0) is 19.6. The quantitative estimate of drug-likeness (QED) is 0.694. The molecule has 3 aromatic rings. The number of H-pyrrole nitrogens is 1. The molecule has 0 saturated carbocycles. The molecule has 0 unspecified atom stereocenters. The molecule has 0 bridgehead atoms. The lowest BCUT2D eigenvalue weighted by Crippen LogP contribution is -2.38. The van der Waals surface area contributed by atoms with Gasteiger partial charge in [0.25, 0.3) is 5.56 Å². The highest BCUT2D eigenvalue weighted by Gasteiger charge is 2.15. The fourth-order valence-corrected chi connectivity index (χ4v) is 2.86. The monoisotopic (exact) mass is 389 g/mol. The third-order valence-electron chi connectivity index (χ3n) is 3.94. The number of amides is 1. The van der Waals surface area contributed by atoms with E-state index in [0.717, 1.165) is 4.57 Å². The van der Waals surface area contributed by atoms with Gasteiger partial charge >= 0.3 is 5.69 Å². The number of ether oxygens (including phenoxy) is 2. The van der Waals surface area contributed by atoms with Crippen molar-refractivity contribution in [2.45, 2.75) is 6.54 Å². The zero-order valence-corrected chi connectivity index (χ0v) is 15.3. The number of hydrogen-bond acceptors (Lipinski definition) is 5. The molecular formula is C18H16ClN3O5. The predicted molar refractivity (Wildman–Crippen MR) is 102 cm³/mol. The number of carbonyl (C=O) groups excluding carboxylic acids is 1. The molecule has 0 radical (unpaired) electrons. The lowest BCUT2D eigenvalue weighted by molar-refractivity contribution is -0.116. The summed E-state index contributed by atoms with van der Waals surface area (Å²) in [4.78, 5) is 39.7. The number of nitrogens with zero attached hydrogens (tertiary/aromatic N) is 1. The molecule has 2 aromatic carbocycles. The van der Waals surface area contributed by atoms with Gasteiger partial charge in [0.2, 0.25) is 5.91 Å². The molecule has 1 aromatic heterocycles. The number of halogens is 1. The predicted octanol–water partition coefficient (Wildman–Crippen LogP) is 2.00. The molecule has 0 aliphatic rings. The number of nitrogens with one attached hydrogen (secondary N) is 2. The topological polar surface area (TPSA) is 102 Å². The van der Waals surface area contributed by atoms with Gasteiger partial charge < -0.3 is 19.8 Å². The molecule has 9 heteroatoms. The van der Waals surface area contributed by atoms with E-state index in [1.807, 2.05) is 0 Å². The summed E-state index contributed by atoms with van der Waals surface area (Å²) in [5.74, 6) is 0.0722. The van der Waals surface area contributed by atoms with Crippen molar-refractivity contribution < 1.29 is 14.3 Å². The Morgan fingerprint density at radius 1 is 1.15 bits per heavy atom. The minimum absolute atomic E-state index is 0.300. The third kappa shape index (κ3) is 3.65. The Labute approximate surface area is 158 Å². The number of benzene rings is 2. The Morgan fingerprint density at radius 3 is 2.56 bits per heavy atom. The summed E-state index contributed by atoms with van der Waals surface area (Å²) in [6.45, 7) is -0.465. The number of hydrogen-bond donors (Lipinski definition) is 2. The first kappa shape index (κ1) is 18.5. The van der Waals surface area contributed by atoms with Crippen molar-refractivity contribution in [3.05, 3.63) is 62.3 Å². The van der Waals surface area contributed by atoms with E-state index in [2.05, 4.69) is 10.3 Å². The van der Waals surface area contributed by atoms with Gasteiger partial charge in [-0.25, -0.2) is 4.79 Å². The fraction of sp³-hybridized carbons (Fsp3) is 0.167. The van der Waals surface area contributed by atoms with Crippen LogP contribution in [-0.4, -0.2) is 29.7 Å². The van der Waals surface area contributed by atoms with Crippen LogP contribution in [-0.2, 0) is 11.3 Å². The standard InChI is InChI=1S/C18H16ClN3O5/c1-26-14-8-13(15(27-2)7-11(14)19)20-16(23)9-22-17(24)10-5-3-4-6-12(10)21-18(22)25/h3-8H,9H2,1-2H3,(H,20,23)(H,21,25). The lowest BCUT2D eigenvalue weighted by atomic mass is 10.2. The number of para-hydroxylation sites is 1. The Balaban J connectivity index is 1.92. The number of anilines is 1. The van der Waals surface area contributed by atoms with Crippen LogP contribution in [0.3, 0.4) is 0 Å². The van der Waals surface area contributed by atoms with Crippen LogP contribution in [0.2, 0.25) is 5.02 Å². The molecule has 1 heterocycles. The zero-order valence-electron chi connectivity index (χ0n) is 14.5. The van der Waals surface area contributed by atoms with Crippen molar-refractivity contribution in [1.29, 1.82) is 0 Å². The van der Waals surface area contributed by atoms with Gasteiger partial charge in [-0.1, -0.05) is 23.7 Å². The number of methoxy groups -OCH3 is 2. The van der Waals surface area contributed by atoms with Gasteiger partial charge in [0, 0.05) is 12.1 Å². The normalized spacial score (nSPS) is 10.6. The smallest absolute Gasteiger partial charge is 0.329 e. The summed E-state index contributed by atoms with van der Waals surface area (Å²) in [6.07, 6.45) is 0. The summed E-state index contributed by atoms with van der Waals surface area (Å²) in [7, 11) is 2.86. The largest absolute Gasteiger partial charge is 0.495 e. The van der Waals surface area contributed by atoms with E-state index in [1.54, 1.807) is 24.3 Å². The number of aromatic nitrogens is 2. The summed E-state index contributed by atoms with van der Waals surface area (Å²) in [5, 5.41) is 3.23. The van der Waals surface area contributed by atoms with E-state index in [9.17, 15) is 14.4 Å². The van der Waals surface area contributed by atoms with Gasteiger partial charge in [-0.05, 0) is 12.1 Å². The van der Waals surface area contributed by atoms with Crippen LogP contribution in [0.5, 0.6) is 11.5 Å². The van der Waals surface area contributed by atoms with Crippen LogP contribution in [0.1, 0.15) is 0 Å². The van der Waals surface area contributed by atoms with Gasteiger partial charge in [0.15, 0.2) is 0 Å². The second-order valence-electron chi connectivity index (χ2n) is 5.60. The van der Waals surface area contributed by atoms with Crippen molar-refractivity contribution in [3.8, 4) is 11.5 Å². The molecule has 0 aliphatic carbocycles. The maximum Gasteiger partial charge on any atom is 0.329 e. The molecule has 27 heavy (non-hydrogen) atoms. The van der Waals surface area contributed by atoms with Crippen molar-refractivity contribution in [2.24, 2.45) is 0 Å². The van der Waals surface area contributed by atoms with Crippen LogP contribution in [0.25, 0.3) is 10.9 Å². The van der Waals surface area contributed by atoms with Gasteiger partial charge in [-0.15, -0.1) is 0 Å². The van der Waals surface area contributed by atoms with Crippen LogP contribution in [0.4, 0.5) is 5.69 Å². The van der Waals surface area contributed by atoms with Crippen LogP contribution >= 0.6 is 11.6 Å². The number of carbonyl (C=O) groups is 1. The molecule has 2 N–H and O–H groups in total. The molecular weight excluding hydrogens is 374 g/mol. The van der Waals surface area contributed by atoms with Crippen LogP contribution in [0.15, 0.2) is 46.0 Å². The van der Waals surface area contributed by atoms with Gasteiger partial charge in [-0.3, -0.25) is 14.2 Å². The van der Waals surface area contributed by atoms with Gasteiger partial charge in [0.1, 0.15) is 18.0 Å². The van der Waals surface area contributed by atoms with E-state index in [0.29, 0.717) is 33.1 Å². The third-order valence-corrected chi connectivity index (χ3v) is 4.23. The first-order valence-electron chi connectivity index (χ1n) is 7.88. The van der Waals surface area contributed by atoms with Crippen molar-refractivity contribution in [1.82, 2.24) is 9.55 Å². The molecule has 0 atom stereocenters. The minimum Gasteiger partial charge on any atom is -0.495 e. The molecule has 1 amide bonds. The molecule has 0 fully saturated rings. The van der Waals surface area contributed by atoms with Crippen LogP contribution in [0, 0.1) is 0 Å². The number of aromatic amines is 1. The Morgan fingerprint density at radius 2 is 1.85 bits per heavy atom. The first-order chi connectivity index (χ1) is 12.9. The number of fused-ring (bicyclic) bond motifs is 1. The summed E-state index contributed by atoms with van der Waals surface area (Å²) in [6, 6.07) is 9.56. The second kappa shape index (κ2) is 7.55. The maximum atomic E-state index is 12.5.